The molecule has 0 saturated heterocycles. The predicted octanol–water partition coefficient (Wildman–Crippen LogP) is 4.98. The van der Waals surface area contributed by atoms with Crippen molar-refractivity contribution in [3.05, 3.63) is 0 Å². The highest BCUT2D eigenvalue weighted by Gasteiger charge is 2.34. The fourth-order valence-electron chi connectivity index (χ4n) is 3.86. The first-order valence-corrected chi connectivity index (χ1v) is 10.5. The molecule has 2 aliphatic carbocycles. The van der Waals surface area contributed by atoms with Crippen LogP contribution in [0, 0.1) is 5.92 Å². The number of carbonyl (C=O) groups is 2. The lowest BCUT2D eigenvalue weighted by atomic mass is 9.82. The highest BCUT2D eigenvalue weighted by molar-refractivity contribution is 5.88. The van der Waals surface area contributed by atoms with E-state index in [-0.39, 0.29) is 17.7 Å². The standard InChI is InChI=1S/C21H37N3O2/c1-20(2,18(25)15-16-11-7-5-8-12-16)23-24-21(3,4)19(26)22-17-13-9-6-10-14-17/h16-17H,5-15H2,1-4H3,(H,22,26). The Morgan fingerprint density at radius 3 is 1.88 bits per heavy atom. The summed E-state index contributed by atoms with van der Waals surface area (Å²) in [6.45, 7) is 7.18. The maximum atomic E-state index is 12.7. The van der Waals surface area contributed by atoms with E-state index in [9.17, 15) is 9.59 Å². The SMILES string of the molecule is CC(C)(N=NC(C)(C)C(=O)NC1CCCCC1)C(=O)CC1CCCCC1. The van der Waals surface area contributed by atoms with Gasteiger partial charge in [-0.05, 0) is 46.5 Å². The van der Waals surface area contributed by atoms with Crippen molar-refractivity contribution in [1.82, 2.24) is 5.32 Å². The molecule has 5 heteroatoms. The van der Waals surface area contributed by atoms with Crippen LogP contribution in [-0.4, -0.2) is 28.8 Å². The number of nitrogens with zero attached hydrogens (tertiary/aromatic N) is 2. The highest BCUT2D eigenvalue weighted by Crippen LogP contribution is 2.29. The van der Waals surface area contributed by atoms with E-state index in [2.05, 4.69) is 15.5 Å². The molecule has 0 atom stereocenters. The lowest BCUT2D eigenvalue weighted by Crippen LogP contribution is -2.46. The second-order valence-electron chi connectivity index (χ2n) is 9.26. The first-order valence-electron chi connectivity index (χ1n) is 10.5. The van der Waals surface area contributed by atoms with Crippen LogP contribution in [-0.2, 0) is 9.59 Å². The van der Waals surface area contributed by atoms with Crippen LogP contribution in [0.2, 0.25) is 0 Å². The zero-order valence-electron chi connectivity index (χ0n) is 17.1. The maximum Gasteiger partial charge on any atom is 0.249 e. The lowest BCUT2D eigenvalue weighted by Gasteiger charge is -2.28. The Morgan fingerprint density at radius 2 is 1.31 bits per heavy atom. The Morgan fingerprint density at radius 1 is 0.808 bits per heavy atom. The van der Waals surface area contributed by atoms with E-state index in [0.717, 1.165) is 25.7 Å². The molecule has 148 valence electrons. The van der Waals surface area contributed by atoms with E-state index in [1.54, 1.807) is 13.8 Å². The molecule has 0 aromatic heterocycles. The van der Waals surface area contributed by atoms with E-state index in [1.807, 2.05) is 13.8 Å². The summed E-state index contributed by atoms with van der Waals surface area (Å²) in [6.07, 6.45) is 12.3. The average Bonchev–Trinajstić information content (AvgIpc) is 2.62. The van der Waals surface area contributed by atoms with Crippen molar-refractivity contribution in [3.63, 3.8) is 0 Å². The Kier molecular flexibility index (Phi) is 7.36. The van der Waals surface area contributed by atoms with Crippen LogP contribution in [0.25, 0.3) is 0 Å². The molecule has 1 N–H and O–H groups in total. The summed E-state index contributed by atoms with van der Waals surface area (Å²) in [6, 6.07) is 0.256. The number of hydrogen-bond donors (Lipinski definition) is 1. The molecule has 0 heterocycles. The Bertz CT molecular complexity index is 467. The number of carbonyl (C=O) groups excluding carboxylic acids is 2. The number of nitrogens with one attached hydrogen (secondary N) is 1. The van der Waals surface area contributed by atoms with E-state index >= 15 is 0 Å². The van der Waals surface area contributed by atoms with E-state index in [0.29, 0.717) is 12.3 Å². The van der Waals surface area contributed by atoms with E-state index in [4.69, 9.17) is 0 Å². The first kappa shape index (κ1) is 21.0. The zero-order valence-corrected chi connectivity index (χ0v) is 17.1. The maximum absolute atomic E-state index is 12.7. The quantitative estimate of drug-likeness (QED) is 0.648. The third-order valence-corrected chi connectivity index (χ3v) is 5.93. The van der Waals surface area contributed by atoms with Crippen LogP contribution in [0.4, 0.5) is 0 Å². The van der Waals surface area contributed by atoms with E-state index < -0.39 is 11.1 Å². The molecule has 0 spiro atoms. The largest absolute Gasteiger partial charge is 0.351 e. The van der Waals surface area contributed by atoms with Gasteiger partial charge in [-0.1, -0.05) is 51.4 Å². The third kappa shape index (κ3) is 6.17. The summed E-state index contributed by atoms with van der Waals surface area (Å²) in [7, 11) is 0. The Balaban J connectivity index is 1.90. The Labute approximate surface area is 158 Å². The molecule has 0 aromatic carbocycles. The van der Waals surface area contributed by atoms with Crippen LogP contribution in [0.1, 0.15) is 98.3 Å². The van der Waals surface area contributed by atoms with Crippen molar-refractivity contribution in [2.24, 2.45) is 16.1 Å². The molecule has 0 aliphatic heterocycles. The van der Waals surface area contributed by atoms with Gasteiger partial charge in [-0.25, -0.2) is 0 Å². The summed E-state index contributed by atoms with van der Waals surface area (Å²) >= 11 is 0. The second kappa shape index (κ2) is 9.09. The zero-order chi connectivity index (χ0) is 19.2. The van der Waals surface area contributed by atoms with Gasteiger partial charge in [0.1, 0.15) is 5.54 Å². The van der Waals surface area contributed by atoms with Crippen molar-refractivity contribution in [2.75, 3.05) is 0 Å². The molecule has 1 amide bonds. The minimum Gasteiger partial charge on any atom is -0.351 e. The van der Waals surface area contributed by atoms with Crippen molar-refractivity contribution < 1.29 is 9.59 Å². The fourth-order valence-corrected chi connectivity index (χ4v) is 3.86. The van der Waals surface area contributed by atoms with Gasteiger partial charge < -0.3 is 5.32 Å². The average molecular weight is 364 g/mol. The van der Waals surface area contributed by atoms with Gasteiger partial charge in [0.15, 0.2) is 11.3 Å². The monoisotopic (exact) mass is 363 g/mol. The number of hydrogen-bond acceptors (Lipinski definition) is 4. The molecular formula is C21H37N3O2. The third-order valence-electron chi connectivity index (χ3n) is 5.93. The van der Waals surface area contributed by atoms with Crippen LogP contribution in [0.15, 0.2) is 10.2 Å². The summed E-state index contributed by atoms with van der Waals surface area (Å²) < 4.78 is 0. The molecule has 0 aromatic rings. The number of amides is 1. The minimum atomic E-state index is -0.945. The van der Waals surface area contributed by atoms with Crippen molar-refractivity contribution in [3.8, 4) is 0 Å². The molecule has 2 rings (SSSR count). The molecule has 0 unspecified atom stereocenters. The van der Waals surface area contributed by atoms with Crippen molar-refractivity contribution in [1.29, 1.82) is 0 Å². The van der Waals surface area contributed by atoms with Gasteiger partial charge in [-0.3, -0.25) is 9.59 Å². The number of rotatable bonds is 7. The van der Waals surface area contributed by atoms with Gasteiger partial charge in [0.2, 0.25) is 5.91 Å². The van der Waals surface area contributed by atoms with Crippen LogP contribution >= 0.6 is 0 Å². The van der Waals surface area contributed by atoms with Gasteiger partial charge in [0, 0.05) is 12.5 Å². The van der Waals surface area contributed by atoms with Crippen LogP contribution in [0.3, 0.4) is 0 Å². The Hall–Kier alpha value is -1.26. The second-order valence-corrected chi connectivity index (χ2v) is 9.26. The highest BCUT2D eigenvalue weighted by atomic mass is 16.2. The molecule has 0 radical (unpaired) electrons. The molecule has 2 aliphatic rings. The lowest BCUT2D eigenvalue weighted by molar-refractivity contribution is -0.127. The topological polar surface area (TPSA) is 70.9 Å². The molecule has 5 nitrogen and oxygen atoms in total. The summed E-state index contributed by atoms with van der Waals surface area (Å²) in [5.41, 5.74) is -1.81. The normalized spacial score (nSPS) is 21.1. The molecule has 26 heavy (non-hydrogen) atoms. The van der Waals surface area contributed by atoms with Crippen molar-refractivity contribution >= 4 is 11.7 Å². The van der Waals surface area contributed by atoms with Gasteiger partial charge in [0.05, 0.1) is 0 Å². The first-order chi connectivity index (χ1) is 12.2. The van der Waals surface area contributed by atoms with Crippen LogP contribution in [0.5, 0.6) is 0 Å². The summed E-state index contributed by atoms with van der Waals surface area (Å²) in [5, 5.41) is 11.7. The fraction of sp³-hybridized carbons (Fsp3) is 0.905. The van der Waals surface area contributed by atoms with Crippen LogP contribution < -0.4 is 5.32 Å². The van der Waals surface area contributed by atoms with E-state index in [1.165, 1.54) is 38.5 Å². The molecule has 0 bridgehead atoms. The smallest absolute Gasteiger partial charge is 0.249 e. The predicted molar refractivity (Wildman–Crippen MR) is 104 cm³/mol. The number of ketones is 1. The van der Waals surface area contributed by atoms with Gasteiger partial charge in [-0.2, -0.15) is 10.2 Å². The summed E-state index contributed by atoms with van der Waals surface area (Å²) in [5.74, 6) is 0.536. The van der Waals surface area contributed by atoms with Gasteiger partial charge in [-0.15, -0.1) is 0 Å². The van der Waals surface area contributed by atoms with Crippen molar-refractivity contribution in [2.45, 2.75) is 115 Å². The summed E-state index contributed by atoms with van der Waals surface area (Å²) in [4.78, 5) is 25.3. The number of Topliss-reactive ketones (excluding diaryl/α,β-unsaturated/α-hetero) is 1. The minimum absolute atomic E-state index is 0.0938. The number of azo groups is 1. The molecule has 2 fully saturated rings. The van der Waals surface area contributed by atoms with Gasteiger partial charge >= 0.3 is 0 Å². The molecule has 2 saturated carbocycles. The van der Waals surface area contributed by atoms with Gasteiger partial charge in [0.25, 0.3) is 0 Å². The molecular weight excluding hydrogens is 326 g/mol.